The van der Waals surface area contributed by atoms with Crippen LogP contribution >= 0.6 is 15.9 Å². The lowest BCUT2D eigenvalue weighted by molar-refractivity contribution is 0.417. The largest absolute Gasteiger partial charge is 0.330 e. The molecule has 0 spiro atoms. The molecule has 20 heavy (non-hydrogen) atoms. The molecule has 0 bridgehead atoms. The summed E-state index contributed by atoms with van der Waals surface area (Å²) >= 11 is 3.51. The van der Waals surface area contributed by atoms with E-state index in [0.717, 1.165) is 22.9 Å². The van der Waals surface area contributed by atoms with E-state index >= 15 is 0 Å². The highest BCUT2D eigenvalue weighted by atomic mass is 79.9. The van der Waals surface area contributed by atoms with Crippen molar-refractivity contribution < 1.29 is 4.39 Å². The van der Waals surface area contributed by atoms with Crippen LogP contribution in [0.4, 0.5) is 4.39 Å². The third-order valence-corrected chi connectivity index (χ3v) is 4.76. The van der Waals surface area contributed by atoms with Gasteiger partial charge in [0.15, 0.2) is 0 Å². The molecule has 1 unspecified atom stereocenters. The molecule has 0 saturated heterocycles. The molecular formula is C17H19BrFN. The van der Waals surface area contributed by atoms with E-state index in [1.165, 1.54) is 11.6 Å². The topological polar surface area (TPSA) is 26.0 Å². The normalized spacial score (nSPS) is 14.0. The molecule has 3 heteroatoms. The van der Waals surface area contributed by atoms with E-state index in [-0.39, 0.29) is 11.2 Å². The minimum absolute atomic E-state index is 0.155. The van der Waals surface area contributed by atoms with Crippen molar-refractivity contribution in [1.29, 1.82) is 0 Å². The van der Waals surface area contributed by atoms with Crippen LogP contribution in [0.15, 0.2) is 53.0 Å². The molecule has 0 aliphatic rings. The Balaban J connectivity index is 2.42. The number of hydrogen-bond donors (Lipinski definition) is 1. The van der Waals surface area contributed by atoms with E-state index < -0.39 is 0 Å². The first-order valence-corrected chi connectivity index (χ1v) is 7.60. The fraction of sp³-hybridized carbons (Fsp3) is 0.294. The van der Waals surface area contributed by atoms with E-state index in [1.807, 2.05) is 18.2 Å². The Kier molecular flexibility index (Phi) is 4.95. The first kappa shape index (κ1) is 15.2. The first-order chi connectivity index (χ1) is 9.61. The number of halogens is 2. The fourth-order valence-corrected chi connectivity index (χ4v) is 2.99. The molecule has 2 aromatic carbocycles. The van der Waals surface area contributed by atoms with Gasteiger partial charge in [0, 0.05) is 16.4 Å². The SMILES string of the molecule is CCC(CN)(Cc1cc(F)ccc1Br)c1ccccc1. The lowest BCUT2D eigenvalue weighted by Gasteiger charge is -2.32. The smallest absolute Gasteiger partial charge is 0.123 e. The lowest BCUT2D eigenvalue weighted by Crippen LogP contribution is -2.37. The average molecular weight is 336 g/mol. The summed E-state index contributed by atoms with van der Waals surface area (Å²) in [5, 5.41) is 0. The van der Waals surface area contributed by atoms with Crippen LogP contribution in [0.1, 0.15) is 24.5 Å². The van der Waals surface area contributed by atoms with Gasteiger partial charge in [-0.3, -0.25) is 0 Å². The lowest BCUT2D eigenvalue weighted by atomic mass is 9.73. The second-order valence-electron chi connectivity index (χ2n) is 5.12. The van der Waals surface area contributed by atoms with Gasteiger partial charge in [-0.25, -0.2) is 4.39 Å². The van der Waals surface area contributed by atoms with Gasteiger partial charge in [0.25, 0.3) is 0 Å². The predicted molar refractivity (Wildman–Crippen MR) is 85.3 cm³/mol. The Hall–Kier alpha value is -1.19. The van der Waals surface area contributed by atoms with Crippen molar-refractivity contribution in [2.45, 2.75) is 25.2 Å². The number of nitrogens with two attached hydrogens (primary N) is 1. The Bertz CT molecular complexity index is 564. The van der Waals surface area contributed by atoms with Crippen molar-refractivity contribution in [2.75, 3.05) is 6.54 Å². The van der Waals surface area contributed by atoms with E-state index in [2.05, 4.69) is 35.0 Å². The van der Waals surface area contributed by atoms with Crippen LogP contribution in [0.3, 0.4) is 0 Å². The molecule has 0 fully saturated rings. The van der Waals surface area contributed by atoms with Crippen molar-refractivity contribution in [3.8, 4) is 0 Å². The summed E-state index contributed by atoms with van der Waals surface area (Å²) in [4.78, 5) is 0. The Morgan fingerprint density at radius 1 is 1.15 bits per heavy atom. The fourth-order valence-electron chi connectivity index (χ4n) is 2.60. The van der Waals surface area contributed by atoms with Crippen molar-refractivity contribution in [2.24, 2.45) is 5.73 Å². The van der Waals surface area contributed by atoms with Gasteiger partial charge < -0.3 is 5.73 Å². The highest BCUT2D eigenvalue weighted by molar-refractivity contribution is 9.10. The molecule has 1 atom stereocenters. The van der Waals surface area contributed by atoms with Gasteiger partial charge >= 0.3 is 0 Å². The maximum absolute atomic E-state index is 13.5. The van der Waals surface area contributed by atoms with Crippen LogP contribution in [0.2, 0.25) is 0 Å². The minimum Gasteiger partial charge on any atom is -0.330 e. The minimum atomic E-state index is -0.210. The van der Waals surface area contributed by atoms with Crippen molar-refractivity contribution in [3.63, 3.8) is 0 Å². The van der Waals surface area contributed by atoms with E-state index in [1.54, 1.807) is 12.1 Å². The molecule has 0 saturated carbocycles. The van der Waals surface area contributed by atoms with Crippen LogP contribution in [-0.4, -0.2) is 6.54 Å². The Morgan fingerprint density at radius 2 is 1.85 bits per heavy atom. The number of benzene rings is 2. The maximum atomic E-state index is 13.5. The summed E-state index contributed by atoms with van der Waals surface area (Å²) in [5.41, 5.74) is 8.09. The third kappa shape index (κ3) is 3.10. The predicted octanol–water partition coefficient (Wildman–Crippen LogP) is 4.44. The zero-order valence-electron chi connectivity index (χ0n) is 11.6. The molecule has 2 N–H and O–H groups in total. The Labute approximate surface area is 128 Å². The molecule has 106 valence electrons. The summed E-state index contributed by atoms with van der Waals surface area (Å²) < 4.78 is 14.4. The second-order valence-corrected chi connectivity index (χ2v) is 5.97. The van der Waals surface area contributed by atoms with Crippen molar-refractivity contribution in [1.82, 2.24) is 0 Å². The van der Waals surface area contributed by atoms with Gasteiger partial charge in [0.05, 0.1) is 0 Å². The van der Waals surface area contributed by atoms with Crippen LogP contribution in [0, 0.1) is 5.82 Å². The first-order valence-electron chi connectivity index (χ1n) is 6.81. The molecule has 0 aliphatic carbocycles. The molecule has 2 aromatic rings. The van der Waals surface area contributed by atoms with Crippen LogP contribution in [-0.2, 0) is 11.8 Å². The molecular weight excluding hydrogens is 317 g/mol. The third-order valence-electron chi connectivity index (χ3n) is 3.99. The number of hydrogen-bond acceptors (Lipinski definition) is 1. The van der Waals surface area contributed by atoms with Gasteiger partial charge in [-0.15, -0.1) is 0 Å². The van der Waals surface area contributed by atoms with Gasteiger partial charge in [-0.1, -0.05) is 53.2 Å². The average Bonchev–Trinajstić information content (AvgIpc) is 2.49. The van der Waals surface area contributed by atoms with E-state index in [9.17, 15) is 4.39 Å². The molecule has 0 heterocycles. The Morgan fingerprint density at radius 3 is 2.45 bits per heavy atom. The molecule has 0 radical (unpaired) electrons. The van der Waals surface area contributed by atoms with Gasteiger partial charge in [0.2, 0.25) is 0 Å². The zero-order chi connectivity index (χ0) is 14.6. The highest BCUT2D eigenvalue weighted by Crippen LogP contribution is 2.33. The monoisotopic (exact) mass is 335 g/mol. The standard InChI is InChI=1S/C17H19BrFN/c1-2-17(12-20,14-6-4-3-5-7-14)11-13-10-15(19)8-9-16(13)18/h3-10H,2,11-12,20H2,1H3. The van der Waals surface area contributed by atoms with Crippen LogP contribution in [0.25, 0.3) is 0 Å². The van der Waals surface area contributed by atoms with E-state index in [4.69, 9.17) is 5.73 Å². The quantitative estimate of drug-likeness (QED) is 0.858. The molecule has 0 amide bonds. The molecule has 2 rings (SSSR count). The summed E-state index contributed by atoms with van der Waals surface area (Å²) in [6.45, 7) is 2.67. The highest BCUT2D eigenvalue weighted by Gasteiger charge is 2.29. The summed E-state index contributed by atoms with van der Waals surface area (Å²) in [6.07, 6.45) is 1.64. The van der Waals surface area contributed by atoms with Gasteiger partial charge in [-0.05, 0) is 42.2 Å². The second kappa shape index (κ2) is 6.51. The molecule has 0 aromatic heterocycles. The van der Waals surface area contributed by atoms with Gasteiger partial charge in [-0.2, -0.15) is 0 Å². The zero-order valence-corrected chi connectivity index (χ0v) is 13.2. The van der Waals surface area contributed by atoms with Gasteiger partial charge in [0.1, 0.15) is 5.82 Å². The van der Waals surface area contributed by atoms with E-state index in [0.29, 0.717) is 6.54 Å². The van der Waals surface area contributed by atoms with Crippen LogP contribution < -0.4 is 5.73 Å². The molecule has 1 nitrogen and oxygen atoms in total. The maximum Gasteiger partial charge on any atom is 0.123 e. The van der Waals surface area contributed by atoms with Crippen molar-refractivity contribution >= 4 is 15.9 Å². The van der Waals surface area contributed by atoms with Crippen LogP contribution in [0.5, 0.6) is 0 Å². The summed E-state index contributed by atoms with van der Waals surface area (Å²) in [6, 6.07) is 15.1. The summed E-state index contributed by atoms with van der Waals surface area (Å²) in [7, 11) is 0. The molecule has 0 aliphatic heterocycles. The summed E-state index contributed by atoms with van der Waals surface area (Å²) in [5.74, 6) is -0.210. The number of rotatable bonds is 5. The van der Waals surface area contributed by atoms with Crippen molar-refractivity contribution in [3.05, 3.63) is 69.9 Å².